The van der Waals surface area contributed by atoms with E-state index in [2.05, 4.69) is 123 Å². The summed E-state index contributed by atoms with van der Waals surface area (Å²) in [7, 11) is 1.34. The molecule has 0 aliphatic rings. The molecule has 0 heterocycles. The fourth-order valence-electron chi connectivity index (χ4n) is 7.41. The Morgan fingerprint density at radius 1 is 0.350 bits per heavy atom. The summed E-state index contributed by atoms with van der Waals surface area (Å²) in [6.07, 6.45) is 0. The van der Waals surface area contributed by atoms with Crippen LogP contribution in [-0.2, 0) is 0 Å². The molecule has 0 saturated carbocycles. The summed E-state index contributed by atoms with van der Waals surface area (Å²) in [5.74, 6) is 1.48. The van der Waals surface area contributed by atoms with Crippen molar-refractivity contribution >= 4 is 33.4 Å². The van der Waals surface area contributed by atoms with Crippen molar-refractivity contribution in [2.75, 3.05) is 14.2 Å². The van der Waals surface area contributed by atoms with Crippen LogP contribution in [0.3, 0.4) is 0 Å². The first-order valence-corrected chi connectivity index (χ1v) is 22.5. The van der Waals surface area contributed by atoms with Crippen LogP contribution in [0.1, 0.15) is 43.0 Å². The van der Waals surface area contributed by atoms with Crippen LogP contribution in [0, 0.1) is 13.8 Å². The third kappa shape index (κ3) is 8.57. The molecule has 0 radical (unpaired) electrons. The van der Waals surface area contributed by atoms with Crippen LogP contribution in [0.5, 0.6) is 11.5 Å². The number of methoxy groups -OCH3 is 2. The Hall–Kier alpha value is -6.60. The Balaban J connectivity index is 1.23. The van der Waals surface area contributed by atoms with Gasteiger partial charge >= 0.3 is 0 Å². The van der Waals surface area contributed by atoms with Crippen LogP contribution in [-0.4, -0.2) is 25.8 Å². The standard InChI is InChI=1S/C54H46O4S2/c1-37-15-23-43(24-16-37)59(45-27-19-41(20-28-45)53(55)39-11-7-5-8-12-39)47-31-33-51(57-3)49(35-47)50-36-48(32-34-52(50)58-4)60(44-25-17-38(2)18-26-44)46-29-21-42(22-30-46)54(56)40-13-9-6-10-14-40/h5-36,59-60H,1-4H3. The van der Waals surface area contributed by atoms with Gasteiger partial charge < -0.3 is 9.47 Å². The number of thiol groups is 2. The van der Waals surface area contributed by atoms with Crippen LogP contribution in [0.15, 0.2) is 223 Å². The predicted octanol–water partition coefficient (Wildman–Crippen LogP) is 13.4. The minimum atomic E-state index is -1.03. The van der Waals surface area contributed by atoms with Crippen LogP contribution >= 0.6 is 21.8 Å². The molecule has 8 aromatic rings. The molecule has 60 heavy (non-hydrogen) atoms. The zero-order chi connectivity index (χ0) is 41.6. The number of aryl methyl sites for hydroxylation is 2. The molecule has 8 rings (SSSR count). The Kier molecular flexibility index (Phi) is 12.1. The summed E-state index contributed by atoms with van der Waals surface area (Å²) < 4.78 is 12.2. The molecule has 0 aromatic heterocycles. The van der Waals surface area contributed by atoms with Crippen molar-refractivity contribution in [3.8, 4) is 22.6 Å². The highest BCUT2D eigenvalue weighted by Gasteiger charge is 2.22. The van der Waals surface area contributed by atoms with E-state index >= 15 is 0 Å². The molecule has 0 aliphatic heterocycles. The molecule has 0 N–H and O–H groups in total. The highest BCUT2D eigenvalue weighted by atomic mass is 32.2. The summed E-state index contributed by atoms with van der Waals surface area (Å²) in [5, 5.41) is 0. The predicted molar refractivity (Wildman–Crippen MR) is 248 cm³/mol. The van der Waals surface area contributed by atoms with Gasteiger partial charge in [0.25, 0.3) is 0 Å². The molecule has 0 bridgehead atoms. The molecule has 2 unspecified atom stereocenters. The molecular weight excluding hydrogens is 777 g/mol. The molecule has 0 spiro atoms. The second kappa shape index (κ2) is 18.1. The quantitative estimate of drug-likeness (QED) is 0.0898. The summed E-state index contributed by atoms with van der Waals surface area (Å²) in [6.45, 7) is 4.20. The van der Waals surface area contributed by atoms with Crippen molar-refractivity contribution in [3.05, 3.63) is 228 Å². The molecule has 0 saturated heterocycles. The molecular formula is C54H46O4S2. The smallest absolute Gasteiger partial charge is 0.193 e. The van der Waals surface area contributed by atoms with Gasteiger partial charge in [0.1, 0.15) is 11.5 Å². The highest BCUT2D eigenvalue weighted by molar-refractivity contribution is 8.17. The van der Waals surface area contributed by atoms with Crippen molar-refractivity contribution in [2.24, 2.45) is 0 Å². The Labute approximate surface area is 358 Å². The van der Waals surface area contributed by atoms with E-state index in [0.29, 0.717) is 22.3 Å². The summed E-state index contributed by atoms with van der Waals surface area (Å²) >= 11 is 0. The molecule has 4 nitrogen and oxygen atoms in total. The molecule has 0 fully saturated rings. The third-order valence-electron chi connectivity index (χ3n) is 10.6. The number of hydrogen-bond donors (Lipinski definition) is 2. The van der Waals surface area contributed by atoms with E-state index < -0.39 is 21.8 Å². The van der Waals surface area contributed by atoms with E-state index in [0.717, 1.165) is 42.2 Å². The van der Waals surface area contributed by atoms with Gasteiger partial charge in [0.15, 0.2) is 11.6 Å². The second-order valence-electron chi connectivity index (χ2n) is 14.6. The summed E-state index contributed by atoms with van der Waals surface area (Å²) in [5.41, 5.74) is 6.88. The number of ketones is 2. The maximum Gasteiger partial charge on any atom is 0.193 e. The van der Waals surface area contributed by atoms with Crippen molar-refractivity contribution in [3.63, 3.8) is 0 Å². The van der Waals surface area contributed by atoms with Gasteiger partial charge in [-0.2, -0.15) is 21.8 Å². The number of carbonyl (C=O) groups excluding carboxylic acids is 2. The SMILES string of the molecule is COc1ccc([SH](c2ccc(C)cc2)c2ccc(C(=O)c3ccccc3)cc2)cc1-c1cc([SH](c2ccc(C)cc2)c2ccc(C(=O)c3ccccc3)cc2)ccc1OC. The van der Waals surface area contributed by atoms with E-state index in [1.54, 1.807) is 14.2 Å². The molecule has 0 aliphatic carbocycles. The van der Waals surface area contributed by atoms with Gasteiger partial charge in [-0.3, -0.25) is 9.59 Å². The highest BCUT2D eigenvalue weighted by Crippen LogP contribution is 2.56. The largest absolute Gasteiger partial charge is 0.496 e. The minimum Gasteiger partial charge on any atom is -0.496 e. The first-order valence-electron chi connectivity index (χ1n) is 19.8. The monoisotopic (exact) mass is 822 g/mol. The van der Waals surface area contributed by atoms with Gasteiger partial charge in [-0.15, -0.1) is 0 Å². The Morgan fingerprint density at radius 2 is 0.633 bits per heavy atom. The first-order chi connectivity index (χ1) is 29.3. The number of benzene rings is 8. The van der Waals surface area contributed by atoms with Gasteiger partial charge in [-0.05, 0) is 152 Å². The van der Waals surface area contributed by atoms with Crippen molar-refractivity contribution in [1.82, 2.24) is 0 Å². The van der Waals surface area contributed by atoms with Gasteiger partial charge in [0.2, 0.25) is 0 Å². The normalized spacial score (nSPS) is 12.6. The van der Waals surface area contributed by atoms with Crippen molar-refractivity contribution in [1.29, 1.82) is 0 Å². The van der Waals surface area contributed by atoms with Gasteiger partial charge in [-0.25, -0.2) is 0 Å². The lowest BCUT2D eigenvalue weighted by atomic mass is 10.0. The first kappa shape index (κ1) is 40.2. The van der Waals surface area contributed by atoms with Crippen LogP contribution in [0.2, 0.25) is 0 Å². The van der Waals surface area contributed by atoms with E-state index in [-0.39, 0.29) is 11.6 Å². The fraction of sp³-hybridized carbons (Fsp3) is 0.0741. The van der Waals surface area contributed by atoms with Gasteiger partial charge in [-0.1, -0.05) is 96.1 Å². The molecule has 298 valence electrons. The molecule has 0 amide bonds. The van der Waals surface area contributed by atoms with Crippen LogP contribution in [0.25, 0.3) is 11.1 Å². The number of ether oxygens (including phenoxy) is 2. The maximum absolute atomic E-state index is 13.4. The fourth-order valence-corrected chi connectivity index (χ4v) is 12.0. The molecule has 8 aromatic carbocycles. The van der Waals surface area contributed by atoms with E-state index in [1.165, 1.54) is 20.9 Å². The average Bonchev–Trinajstić information content (AvgIpc) is 3.31. The zero-order valence-electron chi connectivity index (χ0n) is 34.0. The maximum atomic E-state index is 13.4. The zero-order valence-corrected chi connectivity index (χ0v) is 35.8. The lowest BCUT2D eigenvalue weighted by molar-refractivity contribution is 0.103. The van der Waals surface area contributed by atoms with E-state index in [1.807, 2.05) is 84.9 Å². The minimum absolute atomic E-state index is 0.00254. The lowest BCUT2D eigenvalue weighted by Crippen LogP contribution is -2.01. The molecule has 2 atom stereocenters. The number of carbonyl (C=O) groups is 2. The van der Waals surface area contributed by atoms with E-state index in [9.17, 15) is 9.59 Å². The van der Waals surface area contributed by atoms with Crippen LogP contribution in [0.4, 0.5) is 0 Å². The second-order valence-corrected chi connectivity index (χ2v) is 19.0. The average molecular weight is 823 g/mol. The lowest BCUT2D eigenvalue weighted by Gasteiger charge is -2.27. The number of hydrogen-bond acceptors (Lipinski definition) is 4. The van der Waals surface area contributed by atoms with Gasteiger partial charge in [0.05, 0.1) is 14.2 Å². The summed E-state index contributed by atoms with van der Waals surface area (Å²) in [6, 6.07) is 65.4. The van der Waals surface area contributed by atoms with Crippen molar-refractivity contribution < 1.29 is 19.1 Å². The topological polar surface area (TPSA) is 52.6 Å². The summed E-state index contributed by atoms with van der Waals surface area (Å²) in [4.78, 5) is 33.7. The Morgan fingerprint density at radius 3 is 0.950 bits per heavy atom. The Bertz CT molecular complexity index is 2550. The van der Waals surface area contributed by atoms with E-state index in [4.69, 9.17) is 9.47 Å². The number of rotatable bonds is 13. The van der Waals surface area contributed by atoms with Crippen LogP contribution < -0.4 is 9.47 Å². The molecule has 6 heteroatoms. The van der Waals surface area contributed by atoms with Gasteiger partial charge in [0, 0.05) is 33.4 Å². The van der Waals surface area contributed by atoms with Crippen molar-refractivity contribution in [2.45, 2.75) is 43.2 Å². The third-order valence-corrected chi connectivity index (χ3v) is 15.5.